The lowest BCUT2D eigenvalue weighted by Gasteiger charge is -2.26. The van der Waals surface area contributed by atoms with E-state index in [1.54, 1.807) is 36.4 Å². The van der Waals surface area contributed by atoms with E-state index in [9.17, 15) is 12.8 Å². The smallest absolute Gasteiger partial charge is 0.207 e. The lowest BCUT2D eigenvalue weighted by Crippen LogP contribution is -2.34. The molecule has 0 saturated heterocycles. The third-order valence-corrected chi connectivity index (χ3v) is 6.44. The molecule has 0 atom stereocenters. The second-order valence-corrected chi connectivity index (χ2v) is 8.49. The maximum Gasteiger partial charge on any atom is 0.243 e. The third-order valence-electron chi connectivity index (χ3n) is 3.84. The standard InChI is InChI=1S/C17H15FINO2S/c18-15-3-1-13(2-4-15)14-9-11-20(12-10-14)23(21,22)17-7-5-16(19)6-8-17/h1-9H,10-12H2. The molecular formula is C17H15FINO2S. The molecule has 1 heterocycles. The zero-order valence-electron chi connectivity index (χ0n) is 12.2. The highest BCUT2D eigenvalue weighted by Crippen LogP contribution is 2.26. The summed E-state index contributed by atoms with van der Waals surface area (Å²) in [6, 6.07) is 13.1. The predicted octanol–water partition coefficient (Wildman–Crippen LogP) is 3.91. The number of benzene rings is 2. The Morgan fingerprint density at radius 1 is 1.00 bits per heavy atom. The van der Waals surface area contributed by atoms with Gasteiger partial charge in [0.1, 0.15) is 5.82 Å². The first-order valence-electron chi connectivity index (χ1n) is 7.17. The van der Waals surface area contributed by atoms with Gasteiger partial charge in [-0.15, -0.1) is 0 Å². The molecule has 0 unspecified atom stereocenters. The molecular weight excluding hydrogens is 428 g/mol. The fourth-order valence-electron chi connectivity index (χ4n) is 2.55. The summed E-state index contributed by atoms with van der Waals surface area (Å²) in [5, 5.41) is 0. The van der Waals surface area contributed by atoms with Crippen LogP contribution >= 0.6 is 22.6 Å². The van der Waals surface area contributed by atoms with Crippen LogP contribution in [0, 0.1) is 9.39 Å². The number of hydrogen-bond donors (Lipinski definition) is 0. The van der Waals surface area contributed by atoms with Gasteiger partial charge in [-0.2, -0.15) is 4.31 Å². The first kappa shape index (κ1) is 16.6. The Kier molecular flexibility index (Phi) is 4.84. The Hall–Kier alpha value is -1.25. The summed E-state index contributed by atoms with van der Waals surface area (Å²) in [6.07, 6.45) is 2.52. The molecule has 120 valence electrons. The van der Waals surface area contributed by atoms with E-state index in [0.717, 1.165) is 14.7 Å². The number of hydrogen-bond acceptors (Lipinski definition) is 2. The van der Waals surface area contributed by atoms with E-state index in [1.807, 2.05) is 6.08 Å². The number of sulfonamides is 1. The molecule has 1 aliphatic heterocycles. The fraction of sp³-hybridized carbons (Fsp3) is 0.176. The van der Waals surface area contributed by atoms with Crippen LogP contribution in [0.2, 0.25) is 0 Å². The van der Waals surface area contributed by atoms with Gasteiger partial charge >= 0.3 is 0 Å². The highest BCUT2D eigenvalue weighted by atomic mass is 127. The first-order valence-corrected chi connectivity index (χ1v) is 9.69. The van der Waals surface area contributed by atoms with E-state index in [4.69, 9.17) is 0 Å². The number of rotatable bonds is 3. The predicted molar refractivity (Wildman–Crippen MR) is 96.9 cm³/mol. The van der Waals surface area contributed by atoms with Crippen LogP contribution in [-0.4, -0.2) is 25.8 Å². The summed E-state index contributed by atoms with van der Waals surface area (Å²) in [6.45, 7) is 0.762. The van der Waals surface area contributed by atoms with Crippen molar-refractivity contribution in [3.05, 3.63) is 69.6 Å². The monoisotopic (exact) mass is 443 g/mol. The average molecular weight is 443 g/mol. The minimum atomic E-state index is -3.47. The third kappa shape index (κ3) is 3.64. The SMILES string of the molecule is O=S(=O)(c1ccc(I)cc1)N1CC=C(c2ccc(F)cc2)CC1. The van der Waals surface area contributed by atoms with Crippen LogP contribution in [0.4, 0.5) is 4.39 Å². The van der Waals surface area contributed by atoms with Crippen molar-refractivity contribution in [3.63, 3.8) is 0 Å². The van der Waals surface area contributed by atoms with E-state index in [2.05, 4.69) is 22.6 Å². The van der Waals surface area contributed by atoms with Gasteiger partial charge in [-0.05, 0) is 76.5 Å². The molecule has 0 aromatic heterocycles. The largest absolute Gasteiger partial charge is 0.243 e. The van der Waals surface area contributed by atoms with Gasteiger partial charge < -0.3 is 0 Å². The Bertz CT molecular complexity index is 830. The van der Waals surface area contributed by atoms with Crippen molar-refractivity contribution in [3.8, 4) is 0 Å². The molecule has 3 rings (SSSR count). The Morgan fingerprint density at radius 2 is 1.65 bits per heavy atom. The van der Waals surface area contributed by atoms with Crippen molar-refractivity contribution in [2.24, 2.45) is 0 Å². The minimum absolute atomic E-state index is 0.270. The van der Waals surface area contributed by atoms with E-state index >= 15 is 0 Å². The fourth-order valence-corrected chi connectivity index (χ4v) is 4.29. The zero-order chi connectivity index (χ0) is 16.4. The summed E-state index contributed by atoms with van der Waals surface area (Å²) in [5.74, 6) is -0.270. The lowest BCUT2D eigenvalue weighted by atomic mass is 10.0. The van der Waals surface area contributed by atoms with Gasteiger partial charge in [0.15, 0.2) is 0 Å². The van der Waals surface area contributed by atoms with Crippen LogP contribution in [0.25, 0.3) is 5.57 Å². The van der Waals surface area contributed by atoms with Crippen molar-refractivity contribution in [1.82, 2.24) is 4.31 Å². The molecule has 0 amide bonds. The van der Waals surface area contributed by atoms with Crippen LogP contribution in [0.1, 0.15) is 12.0 Å². The maximum absolute atomic E-state index is 13.0. The van der Waals surface area contributed by atoms with Crippen LogP contribution in [-0.2, 0) is 10.0 Å². The first-order chi connectivity index (χ1) is 11.0. The molecule has 0 fully saturated rings. The van der Waals surface area contributed by atoms with Gasteiger partial charge in [-0.1, -0.05) is 18.2 Å². The van der Waals surface area contributed by atoms with Gasteiger partial charge in [0.2, 0.25) is 10.0 Å². The number of nitrogens with zero attached hydrogens (tertiary/aromatic N) is 1. The van der Waals surface area contributed by atoms with E-state index in [0.29, 0.717) is 24.4 Å². The van der Waals surface area contributed by atoms with E-state index < -0.39 is 10.0 Å². The molecule has 2 aromatic rings. The lowest BCUT2D eigenvalue weighted by molar-refractivity contribution is 0.441. The molecule has 0 aliphatic carbocycles. The maximum atomic E-state index is 13.0. The highest BCUT2D eigenvalue weighted by molar-refractivity contribution is 14.1. The average Bonchev–Trinajstić information content (AvgIpc) is 2.56. The summed E-state index contributed by atoms with van der Waals surface area (Å²) < 4.78 is 40.7. The van der Waals surface area contributed by atoms with Crippen LogP contribution in [0.3, 0.4) is 0 Å². The van der Waals surface area contributed by atoms with E-state index in [1.165, 1.54) is 16.4 Å². The molecule has 1 aliphatic rings. The minimum Gasteiger partial charge on any atom is -0.207 e. The molecule has 0 N–H and O–H groups in total. The van der Waals surface area contributed by atoms with Crippen molar-refractivity contribution in [1.29, 1.82) is 0 Å². The Morgan fingerprint density at radius 3 is 2.22 bits per heavy atom. The van der Waals surface area contributed by atoms with Crippen molar-refractivity contribution >= 4 is 38.2 Å². The topological polar surface area (TPSA) is 37.4 Å². The van der Waals surface area contributed by atoms with Gasteiger partial charge in [-0.3, -0.25) is 0 Å². The number of halogens is 2. The molecule has 23 heavy (non-hydrogen) atoms. The van der Waals surface area contributed by atoms with Gasteiger partial charge in [0, 0.05) is 16.7 Å². The summed E-state index contributed by atoms with van der Waals surface area (Å²) in [7, 11) is -3.47. The van der Waals surface area contributed by atoms with Gasteiger partial charge in [0.25, 0.3) is 0 Å². The molecule has 0 bridgehead atoms. The van der Waals surface area contributed by atoms with Gasteiger partial charge in [0.05, 0.1) is 4.90 Å². The van der Waals surface area contributed by atoms with Crippen molar-refractivity contribution in [2.75, 3.05) is 13.1 Å². The molecule has 0 radical (unpaired) electrons. The normalized spacial score (nSPS) is 16.2. The molecule has 3 nitrogen and oxygen atoms in total. The summed E-state index contributed by atoms with van der Waals surface area (Å²) in [4.78, 5) is 0.316. The van der Waals surface area contributed by atoms with Crippen LogP contribution in [0.15, 0.2) is 59.5 Å². The second kappa shape index (κ2) is 6.70. The molecule has 0 saturated carbocycles. The highest BCUT2D eigenvalue weighted by Gasteiger charge is 2.26. The summed E-state index contributed by atoms with van der Waals surface area (Å²) >= 11 is 2.15. The van der Waals surface area contributed by atoms with Crippen molar-refractivity contribution in [2.45, 2.75) is 11.3 Å². The van der Waals surface area contributed by atoms with Crippen LogP contribution < -0.4 is 0 Å². The van der Waals surface area contributed by atoms with E-state index in [-0.39, 0.29) is 5.82 Å². The Balaban J connectivity index is 1.79. The molecule has 6 heteroatoms. The van der Waals surface area contributed by atoms with Crippen LogP contribution in [0.5, 0.6) is 0 Å². The Labute approximate surface area is 149 Å². The molecule has 2 aromatic carbocycles. The van der Waals surface area contributed by atoms with Gasteiger partial charge in [-0.25, -0.2) is 12.8 Å². The second-order valence-electron chi connectivity index (χ2n) is 5.30. The van der Waals surface area contributed by atoms with Crippen molar-refractivity contribution < 1.29 is 12.8 Å². The zero-order valence-corrected chi connectivity index (χ0v) is 15.2. The molecule has 0 spiro atoms. The summed E-state index contributed by atoms with van der Waals surface area (Å²) in [5.41, 5.74) is 2.00. The quantitative estimate of drug-likeness (QED) is 0.675.